The van der Waals surface area contributed by atoms with Gasteiger partial charge in [-0.1, -0.05) is 6.07 Å². The van der Waals surface area contributed by atoms with Gasteiger partial charge in [0.05, 0.1) is 20.3 Å². The molecule has 0 saturated carbocycles. The molecule has 3 rings (SSSR count). The van der Waals surface area contributed by atoms with E-state index in [0.29, 0.717) is 31.1 Å². The van der Waals surface area contributed by atoms with Crippen LogP contribution in [0.4, 0.5) is 0 Å². The highest BCUT2D eigenvalue weighted by atomic mass is 35.5. The molecule has 1 atom stereocenters. The summed E-state index contributed by atoms with van der Waals surface area (Å²) < 4.78 is 38.7. The normalized spacial score (nSPS) is 18.0. The molecule has 1 unspecified atom stereocenters. The molecular formula is C17H22ClN3O4S. The number of halogens is 1. The lowest BCUT2D eigenvalue weighted by Crippen LogP contribution is -2.48. The van der Waals surface area contributed by atoms with Gasteiger partial charge in [-0.2, -0.15) is 4.31 Å². The first kappa shape index (κ1) is 20.4. The summed E-state index contributed by atoms with van der Waals surface area (Å²) in [5.74, 6) is 0.761. The third kappa shape index (κ3) is 3.93. The molecule has 26 heavy (non-hydrogen) atoms. The van der Waals surface area contributed by atoms with Crippen molar-refractivity contribution < 1.29 is 17.9 Å². The van der Waals surface area contributed by atoms with Crippen LogP contribution >= 0.6 is 12.4 Å². The molecule has 0 radical (unpaired) electrons. The van der Waals surface area contributed by atoms with Gasteiger partial charge in [0.1, 0.15) is 16.4 Å². The van der Waals surface area contributed by atoms with Crippen LogP contribution in [0.2, 0.25) is 0 Å². The molecule has 1 aliphatic heterocycles. The first-order valence-corrected chi connectivity index (χ1v) is 9.36. The number of methoxy groups -OCH3 is 2. The topological polar surface area (TPSA) is 80.8 Å². The smallest absolute Gasteiger partial charge is 0.247 e. The van der Waals surface area contributed by atoms with Gasteiger partial charge in [-0.15, -0.1) is 12.4 Å². The summed E-state index contributed by atoms with van der Waals surface area (Å²) in [6.07, 6.45) is 3.37. The first-order valence-electron chi connectivity index (χ1n) is 7.92. The number of aromatic nitrogens is 1. The van der Waals surface area contributed by atoms with Gasteiger partial charge in [0.25, 0.3) is 0 Å². The molecule has 1 aromatic heterocycles. The number of benzene rings is 1. The maximum Gasteiger partial charge on any atom is 0.247 e. The summed E-state index contributed by atoms with van der Waals surface area (Å²) in [7, 11) is -0.817. The monoisotopic (exact) mass is 399 g/mol. The van der Waals surface area contributed by atoms with Gasteiger partial charge in [-0.3, -0.25) is 4.98 Å². The lowest BCUT2D eigenvalue weighted by molar-refractivity contribution is 0.269. The molecule has 1 saturated heterocycles. The Labute approximate surface area is 159 Å². The molecule has 142 valence electrons. The van der Waals surface area contributed by atoms with E-state index in [1.807, 2.05) is 6.07 Å². The van der Waals surface area contributed by atoms with Crippen LogP contribution in [-0.4, -0.2) is 51.6 Å². The summed E-state index contributed by atoms with van der Waals surface area (Å²) in [5.41, 5.74) is 0.847. The fraction of sp³-hybridized carbons (Fsp3) is 0.353. The van der Waals surface area contributed by atoms with Crippen molar-refractivity contribution in [1.29, 1.82) is 0 Å². The number of rotatable bonds is 5. The van der Waals surface area contributed by atoms with Crippen LogP contribution in [0, 0.1) is 0 Å². The molecule has 2 aromatic rings. The maximum absolute atomic E-state index is 13.4. The molecule has 1 N–H and O–H groups in total. The van der Waals surface area contributed by atoms with E-state index in [2.05, 4.69) is 10.3 Å². The number of hydrogen-bond donors (Lipinski definition) is 1. The van der Waals surface area contributed by atoms with E-state index in [1.54, 1.807) is 30.6 Å². The Morgan fingerprint density at radius 1 is 1.23 bits per heavy atom. The van der Waals surface area contributed by atoms with Crippen molar-refractivity contribution in [2.75, 3.05) is 33.9 Å². The minimum absolute atomic E-state index is 0. The van der Waals surface area contributed by atoms with Crippen molar-refractivity contribution in [2.45, 2.75) is 10.9 Å². The minimum Gasteiger partial charge on any atom is -0.497 e. The summed E-state index contributed by atoms with van der Waals surface area (Å²) in [4.78, 5) is 4.22. The molecule has 0 bridgehead atoms. The molecular weight excluding hydrogens is 378 g/mol. The Morgan fingerprint density at radius 3 is 2.69 bits per heavy atom. The highest BCUT2D eigenvalue weighted by molar-refractivity contribution is 7.89. The zero-order valence-electron chi connectivity index (χ0n) is 14.6. The minimum atomic E-state index is -3.77. The van der Waals surface area contributed by atoms with E-state index in [-0.39, 0.29) is 23.3 Å². The average molecular weight is 400 g/mol. The van der Waals surface area contributed by atoms with Crippen LogP contribution in [0.15, 0.2) is 47.6 Å². The molecule has 0 amide bonds. The van der Waals surface area contributed by atoms with Crippen molar-refractivity contribution in [1.82, 2.24) is 14.6 Å². The quantitative estimate of drug-likeness (QED) is 0.826. The second kappa shape index (κ2) is 8.68. The van der Waals surface area contributed by atoms with Crippen LogP contribution in [-0.2, 0) is 10.0 Å². The first-order chi connectivity index (χ1) is 12.1. The van der Waals surface area contributed by atoms with E-state index >= 15 is 0 Å². The summed E-state index contributed by atoms with van der Waals surface area (Å²) in [6, 6.07) is 8.14. The van der Waals surface area contributed by atoms with Gasteiger partial charge in [-0.05, 0) is 23.8 Å². The lowest BCUT2D eigenvalue weighted by atomic mass is 10.1. The molecule has 1 aromatic carbocycles. The van der Waals surface area contributed by atoms with Gasteiger partial charge >= 0.3 is 0 Å². The van der Waals surface area contributed by atoms with Gasteiger partial charge < -0.3 is 14.8 Å². The predicted octanol–water partition coefficient (Wildman–Crippen LogP) is 1.86. The van der Waals surface area contributed by atoms with Crippen LogP contribution < -0.4 is 14.8 Å². The largest absolute Gasteiger partial charge is 0.497 e. The Hall–Kier alpha value is -1.87. The number of piperazine rings is 1. The number of ether oxygens (including phenoxy) is 2. The van der Waals surface area contributed by atoms with Crippen molar-refractivity contribution in [3.05, 3.63) is 48.3 Å². The Morgan fingerprint density at radius 2 is 2.04 bits per heavy atom. The van der Waals surface area contributed by atoms with Crippen LogP contribution in [0.1, 0.15) is 11.6 Å². The molecule has 0 spiro atoms. The van der Waals surface area contributed by atoms with Gasteiger partial charge in [0.15, 0.2) is 0 Å². The van der Waals surface area contributed by atoms with Crippen molar-refractivity contribution in [3.8, 4) is 11.5 Å². The van der Waals surface area contributed by atoms with Crippen molar-refractivity contribution in [3.63, 3.8) is 0 Å². The molecule has 9 heteroatoms. The van der Waals surface area contributed by atoms with E-state index in [4.69, 9.17) is 9.47 Å². The number of sulfonamides is 1. The Balaban J connectivity index is 0.00000243. The highest BCUT2D eigenvalue weighted by Crippen LogP contribution is 2.34. The Bertz CT molecular complexity index is 833. The average Bonchev–Trinajstić information content (AvgIpc) is 2.68. The molecule has 0 aliphatic carbocycles. The molecule has 7 nitrogen and oxygen atoms in total. The highest BCUT2D eigenvalue weighted by Gasteiger charge is 2.36. The standard InChI is InChI=1S/C17H21N3O4S.ClH/c1-23-14-5-6-16(24-2)17(10-14)25(21,22)20-9-8-19-12-15(20)13-4-3-7-18-11-13;/h3-7,10-11,15,19H,8-9,12H2,1-2H3;1H. The molecule has 1 aliphatic rings. The fourth-order valence-corrected chi connectivity index (χ4v) is 4.73. The summed E-state index contributed by atoms with van der Waals surface area (Å²) >= 11 is 0. The van der Waals surface area contributed by atoms with E-state index in [9.17, 15) is 8.42 Å². The van der Waals surface area contributed by atoms with Crippen molar-refractivity contribution in [2.24, 2.45) is 0 Å². The van der Waals surface area contributed by atoms with Crippen LogP contribution in [0.25, 0.3) is 0 Å². The molecule has 2 heterocycles. The van der Waals surface area contributed by atoms with Gasteiger partial charge in [0.2, 0.25) is 10.0 Å². The second-order valence-electron chi connectivity index (χ2n) is 5.64. The zero-order chi connectivity index (χ0) is 17.9. The third-order valence-electron chi connectivity index (χ3n) is 4.22. The number of pyridine rings is 1. The zero-order valence-corrected chi connectivity index (χ0v) is 16.2. The summed E-state index contributed by atoms with van der Waals surface area (Å²) in [6.45, 7) is 1.47. The van der Waals surface area contributed by atoms with Gasteiger partial charge in [0, 0.05) is 38.1 Å². The van der Waals surface area contributed by atoms with Crippen LogP contribution in [0.5, 0.6) is 11.5 Å². The maximum atomic E-state index is 13.4. The number of nitrogens with zero attached hydrogens (tertiary/aromatic N) is 2. The van der Waals surface area contributed by atoms with E-state index in [1.165, 1.54) is 24.6 Å². The predicted molar refractivity (Wildman–Crippen MR) is 101 cm³/mol. The fourth-order valence-electron chi connectivity index (χ4n) is 2.94. The van der Waals surface area contributed by atoms with E-state index in [0.717, 1.165) is 5.56 Å². The van der Waals surface area contributed by atoms with Crippen molar-refractivity contribution >= 4 is 22.4 Å². The third-order valence-corrected chi connectivity index (χ3v) is 6.15. The summed E-state index contributed by atoms with van der Waals surface area (Å²) in [5, 5.41) is 3.25. The number of nitrogens with one attached hydrogen (secondary N) is 1. The second-order valence-corrected chi connectivity index (χ2v) is 7.50. The van der Waals surface area contributed by atoms with E-state index < -0.39 is 10.0 Å². The van der Waals surface area contributed by atoms with Gasteiger partial charge in [-0.25, -0.2) is 8.42 Å². The SMILES string of the molecule is COc1ccc(OC)c(S(=O)(=O)N2CCNCC2c2cccnc2)c1.Cl. The van der Waals surface area contributed by atoms with Crippen LogP contribution in [0.3, 0.4) is 0 Å². The lowest BCUT2D eigenvalue weighted by Gasteiger charge is -2.35. The number of hydrogen-bond acceptors (Lipinski definition) is 6. The molecule has 1 fully saturated rings. The Kier molecular flexibility index (Phi) is 6.82.